The normalized spacial score (nSPS) is 27.5. The van der Waals surface area contributed by atoms with Crippen molar-refractivity contribution < 1.29 is 10.0 Å². The summed E-state index contributed by atoms with van der Waals surface area (Å²) >= 11 is 3.49. The van der Waals surface area contributed by atoms with E-state index in [9.17, 15) is 10.0 Å². The second-order valence-electron chi connectivity index (χ2n) is 4.88. The first-order valence-corrected chi connectivity index (χ1v) is 6.76. The van der Waals surface area contributed by atoms with Gasteiger partial charge in [0, 0.05) is 5.31 Å². The van der Waals surface area contributed by atoms with Gasteiger partial charge in [-0.3, -0.25) is 0 Å². The summed E-state index contributed by atoms with van der Waals surface area (Å²) in [5.41, 5.74) is 1.98. The van der Waals surface area contributed by atoms with Crippen molar-refractivity contribution >= 4 is 28.6 Å². The molecule has 1 aromatic rings. The van der Waals surface area contributed by atoms with Crippen molar-refractivity contribution in [2.75, 3.05) is 0 Å². The Labute approximate surface area is 116 Å². The molecular formula is C14H16BBrO2. The van der Waals surface area contributed by atoms with Crippen LogP contribution in [0.25, 0.3) is 5.57 Å². The first-order chi connectivity index (χ1) is 8.48. The summed E-state index contributed by atoms with van der Waals surface area (Å²) in [5, 5.41) is 18.9. The van der Waals surface area contributed by atoms with Crippen LogP contribution >= 0.6 is 15.9 Å². The van der Waals surface area contributed by atoms with E-state index in [0.717, 1.165) is 15.6 Å². The summed E-state index contributed by atoms with van der Waals surface area (Å²) in [7, 11) is -1.40. The van der Waals surface area contributed by atoms with Crippen LogP contribution in [0, 0.1) is 5.92 Å². The Balaban J connectivity index is 2.56. The fraction of sp³-hybridized carbons (Fsp3) is 0.286. The van der Waals surface area contributed by atoms with Gasteiger partial charge in [-0.25, -0.2) is 0 Å². The number of allylic oxidation sites excluding steroid dienone is 4. The maximum absolute atomic E-state index is 9.82. The predicted octanol–water partition coefficient (Wildman–Crippen LogP) is 3.23. The van der Waals surface area contributed by atoms with Gasteiger partial charge in [0.15, 0.2) is 0 Å². The molecule has 0 aromatic heterocycles. The van der Waals surface area contributed by atoms with E-state index in [0.29, 0.717) is 0 Å². The van der Waals surface area contributed by atoms with Crippen molar-refractivity contribution in [3.8, 4) is 0 Å². The second kappa shape index (κ2) is 5.04. The van der Waals surface area contributed by atoms with E-state index >= 15 is 0 Å². The van der Waals surface area contributed by atoms with Gasteiger partial charge in [0.05, 0.1) is 0 Å². The van der Waals surface area contributed by atoms with Crippen LogP contribution in [-0.2, 0) is 0 Å². The molecule has 0 bridgehead atoms. The Bertz CT molecular complexity index is 496. The van der Waals surface area contributed by atoms with Gasteiger partial charge >= 0.3 is 7.12 Å². The lowest BCUT2D eigenvalue weighted by molar-refractivity contribution is 0.345. The van der Waals surface area contributed by atoms with Gasteiger partial charge in [-0.05, 0) is 21.5 Å². The molecule has 4 heteroatoms. The molecule has 2 N–H and O–H groups in total. The molecule has 0 fully saturated rings. The molecule has 0 radical (unpaired) electrons. The number of hydrogen-bond acceptors (Lipinski definition) is 2. The van der Waals surface area contributed by atoms with Crippen molar-refractivity contribution in [3.05, 3.63) is 52.5 Å². The van der Waals surface area contributed by atoms with Gasteiger partial charge in [0.2, 0.25) is 0 Å². The summed E-state index contributed by atoms with van der Waals surface area (Å²) in [6.07, 6.45) is 3.94. The van der Waals surface area contributed by atoms with Gasteiger partial charge in [-0.2, -0.15) is 0 Å². The molecule has 1 aliphatic carbocycles. The van der Waals surface area contributed by atoms with E-state index in [-0.39, 0.29) is 5.92 Å². The van der Waals surface area contributed by atoms with Gasteiger partial charge < -0.3 is 10.0 Å². The van der Waals surface area contributed by atoms with E-state index in [4.69, 9.17) is 0 Å². The molecule has 0 spiro atoms. The summed E-state index contributed by atoms with van der Waals surface area (Å²) in [5.74, 6) is 0.0118. The van der Waals surface area contributed by atoms with Crippen LogP contribution < -0.4 is 0 Å². The molecule has 2 atom stereocenters. The molecule has 2 nitrogen and oxygen atoms in total. The summed E-state index contributed by atoms with van der Waals surface area (Å²) in [6, 6.07) is 9.85. The fourth-order valence-electron chi connectivity index (χ4n) is 2.39. The van der Waals surface area contributed by atoms with Crippen molar-refractivity contribution in [2.45, 2.75) is 19.2 Å². The van der Waals surface area contributed by atoms with Gasteiger partial charge in [0.25, 0.3) is 0 Å². The molecule has 1 aliphatic rings. The molecule has 0 heterocycles. The minimum Gasteiger partial charge on any atom is -0.426 e. The summed E-state index contributed by atoms with van der Waals surface area (Å²) < 4.78 is 0.984. The van der Waals surface area contributed by atoms with E-state index in [1.807, 2.05) is 56.3 Å². The number of hydrogen-bond donors (Lipinski definition) is 2. The third-order valence-corrected chi connectivity index (χ3v) is 4.87. The van der Waals surface area contributed by atoms with E-state index in [1.165, 1.54) is 0 Å². The highest BCUT2D eigenvalue weighted by Gasteiger charge is 2.47. The quantitative estimate of drug-likeness (QED) is 0.824. The molecule has 0 saturated carbocycles. The van der Waals surface area contributed by atoms with Crippen LogP contribution in [0.2, 0.25) is 5.31 Å². The third kappa shape index (κ3) is 2.09. The molecule has 1 aromatic carbocycles. The highest BCUT2D eigenvalue weighted by Crippen LogP contribution is 2.54. The predicted molar refractivity (Wildman–Crippen MR) is 79.2 cm³/mol. The molecule has 2 unspecified atom stereocenters. The number of halogens is 1. The molecule has 0 aliphatic heterocycles. The number of benzene rings is 1. The maximum Gasteiger partial charge on any atom is 0.463 e. The zero-order valence-electron chi connectivity index (χ0n) is 10.5. The van der Waals surface area contributed by atoms with Crippen molar-refractivity contribution in [1.29, 1.82) is 0 Å². The van der Waals surface area contributed by atoms with E-state index in [2.05, 4.69) is 15.9 Å². The Morgan fingerprint density at radius 3 is 2.33 bits per heavy atom. The SMILES string of the molecule is CC1C(Br)=CC=C(c2ccccc2)C1(C)B(O)O. The van der Waals surface area contributed by atoms with Gasteiger partial charge in [0.1, 0.15) is 0 Å². The average molecular weight is 307 g/mol. The number of rotatable bonds is 2. The van der Waals surface area contributed by atoms with Crippen molar-refractivity contribution in [1.82, 2.24) is 0 Å². The van der Waals surface area contributed by atoms with Crippen LogP contribution in [0.1, 0.15) is 19.4 Å². The Morgan fingerprint density at radius 2 is 1.78 bits per heavy atom. The van der Waals surface area contributed by atoms with Crippen LogP contribution in [0.4, 0.5) is 0 Å². The Hall–Kier alpha value is -0.835. The maximum atomic E-state index is 9.82. The molecular weight excluding hydrogens is 291 g/mol. The zero-order chi connectivity index (χ0) is 13.3. The third-order valence-electron chi connectivity index (χ3n) is 3.92. The standard InChI is InChI=1S/C14H16BBrO2/c1-10-13(16)9-8-12(14(10,2)15(17)18)11-6-4-3-5-7-11/h3-10,17-18H,1-2H3. The van der Waals surface area contributed by atoms with Gasteiger partial charge in [-0.1, -0.05) is 72.3 Å². The zero-order valence-corrected chi connectivity index (χ0v) is 12.1. The lowest BCUT2D eigenvalue weighted by atomic mass is 9.48. The summed E-state index contributed by atoms with van der Waals surface area (Å²) in [6.45, 7) is 3.88. The van der Waals surface area contributed by atoms with E-state index in [1.54, 1.807) is 0 Å². The molecule has 18 heavy (non-hydrogen) atoms. The Kier molecular flexibility index (Phi) is 3.80. The minimum absolute atomic E-state index is 0.0118. The van der Waals surface area contributed by atoms with Crippen LogP contribution in [-0.4, -0.2) is 17.2 Å². The topological polar surface area (TPSA) is 40.5 Å². The molecule has 0 amide bonds. The minimum atomic E-state index is -1.40. The molecule has 2 rings (SSSR count). The highest BCUT2D eigenvalue weighted by atomic mass is 79.9. The first-order valence-electron chi connectivity index (χ1n) is 5.97. The molecule has 94 valence electrons. The lowest BCUT2D eigenvalue weighted by Gasteiger charge is -2.39. The van der Waals surface area contributed by atoms with Gasteiger partial charge in [-0.15, -0.1) is 0 Å². The van der Waals surface area contributed by atoms with Crippen molar-refractivity contribution in [2.24, 2.45) is 5.92 Å². The Morgan fingerprint density at radius 1 is 1.17 bits per heavy atom. The largest absolute Gasteiger partial charge is 0.463 e. The summed E-state index contributed by atoms with van der Waals surface area (Å²) in [4.78, 5) is 0. The highest BCUT2D eigenvalue weighted by molar-refractivity contribution is 9.11. The van der Waals surface area contributed by atoms with E-state index < -0.39 is 12.4 Å². The lowest BCUT2D eigenvalue weighted by Crippen LogP contribution is -2.38. The van der Waals surface area contributed by atoms with Crippen LogP contribution in [0.15, 0.2) is 47.0 Å². The average Bonchev–Trinajstić information content (AvgIpc) is 2.37. The van der Waals surface area contributed by atoms with Crippen LogP contribution in [0.3, 0.4) is 0 Å². The van der Waals surface area contributed by atoms with Crippen molar-refractivity contribution in [3.63, 3.8) is 0 Å². The van der Waals surface area contributed by atoms with Crippen LogP contribution in [0.5, 0.6) is 0 Å². The molecule has 0 saturated heterocycles. The fourth-order valence-corrected chi connectivity index (χ4v) is 3.00. The second-order valence-corrected chi connectivity index (χ2v) is 5.79. The smallest absolute Gasteiger partial charge is 0.426 e. The first kappa shape index (κ1) is 13.6. The monoisotopic (exact) mass is 306 g/mol.